The third-order valence-corrected chi connectivity index (χ3v) is 6.80. The van der Waals surface area contributed by atoms with Crippen LogP contribution in [0.2, 0.25) is 0 Å². The van der Waals surface area contributed by atoms with Crippen LogP contribution in [0.5, 0.6) is 5.75 Å². The van der Waals surface area contributed by atoms with Gasteiger partial charge in [-0.25, -0.2) is 8.78 Å². The van der Waals surface area contributed by atoms with Crippen molar-refractivity contribution >= 4 is 50.6 Å². The van der Waals surface area contributed by atoms with E-state index in [1.807, 2.05) is 53.3 Å². The second-order valence-electron chi connectivity index (χ2n) is 6.63. The Morgan fingerprint density at radius 1 is 1.21 bits per heavy atom. The fourth-order valence-electron chi connectivity index (χ4n) is 2.99. The van der Waals surface area contributed by atoms with Gasteiger partial charge in [-0.1, -0.05) is 17.8 Å². The van der Waals surface area contributed by atoms with Crippen molar-refractivity contribution in [1.29, 1.82) is 0 Å². The Hall–Kier alpha value is -2.76. The number of ether oxygens (including phenoxy) is 1. The minimum atomic E-state index is -0.863. The number of benzene rings is 2. The quantitative estimate of drug-likeness (QED) is 0.266. The van der Waals surface area contributed by atoms with Crippen LogP contribution in [0.1, 0.15) is 6.92 Å². The summed E-state index contributed by atoms with van der Waals surface area (Å²) >= 11 is 5.75. The molecular weight excluding hydrogens is 534 g/mol. The van der Waals surface area contributed by atoms with Crippen LogP contribution in [0.25, 0.3) is 16.4 Å². The first-order valence-electron chi connectivity index (χ1n) is 9.76. The van der Waals surface area contributed by atoms with Crippen molar-refractivity contribution in [3.8, 4) is 22.1 Å². The zero-order chi connectivity index (χ0) is 23.4. The summed E-state index contributed by atoms with van der Waals surface area (Å²) in [6.45, 7) is 2.48. The molecule has 0 saturated heterocycles. The van der Waals surface area contributed by atoms with Crippen LogP contribution in [0, 0.1) is 11.6 Å². The highest BCUT2D eigenvalue weighted by Gasteiger charge is 2.19. The topological polar surface area (TPSA) is 69.0 Å². The van der Waals surface area contributed by atoms with Crippen LogP contribution in [0.15, 0.2) is 63.5 Å². The molecule has 0 fully saturated rings. The summed E-state index contributed by atoms with van der Waals surface area (Å²) in [6.07, 6.45) is 0. The Morgan fingerprint density at radius 3 is 2.67 bits per heavy atom. The number of nitrogens with one attached hydrogen (secondary N) is 1. The van der Waals surface area contributed by atoms with Crippen molar-refractivity contribution in [3.63, 3.8) is 0 Å². The Labute approximate surface area is 205 Å². The second kappa shape index (κ2) is 10.4. The number of rotatable bonds is 8. The number of thiophene rings is 1. The molecule has 4 rings (SSSR count). The maximum absolute atomic E-state index is 14.0. The SMILES string of the molecule is CCOc1ccc(-n2c(SCC(=O)Nc3c(F)cc(F)cc3Br)nnc2-c2cccs2)cc1. The average molecular weight is 551 g/mol. The van der Waals surface area contributed by atoms with Gasteiger partial charge in [-0.05, 0) is 64.6 Å². The van der Waals surface area contributed by atoms with Crippen molar-refractivity contribution in [3.05, 3.63) is 70.0 Å². The highest BCUT2D eigenvalue weighted by molar-refractivity contribution is 9.10. The number of halogens is 3. The van der Waals surface area contributed by atoms with E-state index in [9.17, 15) is 13.6 Å². The Balaban J connectivity index is 1.57. The van der Waals surface area contributed by atoms with Gasteiger partial charge < -0.3 is 10.1 Å². The lowest BCUT2D eigenvalue weighted by Gasteiger charge is -2.11. The van der Waals surface area contributed by atoms with Crippen molar-refractivity contribution in [2.75, 3.05) is 17.7 Å². The normalized spacial score (nSPS) is 10.9. The van der Waals surface area contributed by atoms with Gasteiger partial charge in [-0.3, -0.25) is 9.36 Å². The highest BCUT2D eigenvalue weighted by atomic mass is 79.9. The van der Waals surface area contributed by atoms with E-state index in [0.717, 1.165) is 34.1 Å². The molecule has 1 N–H and O–H groups in total. The molecule has 4 aromatic rings. The first-order chi connectivity index (χ1) is 16.0. The fraction of sp³-hybridized carbons (Fsp3) is 0.136. The molecule has 170 valence electrons. The molecule has 1 amide bonds. The zero-order valence-corrected chi connectivity index (χ0v) is 20.4. The third-order valence-electron chi connectivity index (χ3n) is 4.38. The number of thioether (sulfide) groups is 1. The number of hydrogen-bond acceptors (Lipinski definition) is 6. The molecule has 0 aliphatic carbocycles. The summed E-state index contributed by atoms with van der Waals surface area (Å²) in [5.41, 5.74) is 0.691. The minimum Gasteiger partial charge on any atom is -0.494 e. The smallest absolute Gasteiger partial charge is 0.234 e. The van der Waals surface area contributed by atoms with Gasteiger partial charge in [-0.15, -0.1) is 21.5 Å². The molecular formula is C22H17BrF2N4O2S2. The van der Waals surface area contributed by atoms with Crippen molar-refractivity contribution in [1.82, 2.24) is 14.8 Å². The molecule has 0 saturated carbocycles. The molecule has 0 aliphatic heterocycles. The lowest BCUT2D eigenvalue weighted by molar-refractivity contribution is -0.113. The van der Waals surface area contributed by atoms with Gasteiger partial charge in [0.1, 0.15) is 11.6 Å². The van der Waals surface area contributed by atoms with Gasteiger partial charge in [0, 0.05) is 10.5 Å². The van der Waals surface area contributed by atoms with Crippen LogP contribution < -0.4 is 10.1 Å². The first-order valence-corrected chi connectivity index (χ1v) is 12.4. The van der Waals surface area contributed by atoms with E-state index in [1.54, 1.807) is 0 Å². The Kier molecular flexibility index (Phi) is 7.41. The molecule has 33 heavy (non-hydrogen) atoms. The highest BCUT2D eigenvalue weighted by Crippen LogP contribution is 2.32. The summed E-state index contributed by atoms with van der Waals surface area (Å²) in [6, 6.07) is 13.1. The Morgan fingerprint density at radius 2 is 2.00 bits per heavy atom. The number of amides is 1. The molecule has 11 heteroatoms. The largest absolute Gasteiger partial charge is 0.494 e. The van der Waals surface area contributed by atoms with E-state index in [-0.39, 0.29) is 15.9 Å². The predicted octanol–water partition coefficient (Wildman–Crippen LogP) is 6.17. The van der Waals surface area contributed by atoms with Gasteiger partial charge in [0.2, 0.25) is 5.91 Å². The van der Waals surface area contributed by atoms with Crippen LogP contribution in [-0.4, -0.2) is 33.0 Å². The van der Waals surface area contributed by atoms with Crippen LogP contribution >= 0.6 is 39.0 Å². The number of carbonyl (C=O) groups is 1. The summed E-state index contributed by atoms with van der Waals surface area (Å²) in [4.78, 5) is 13.4. The molecule has 0 aliphatic rings. The molecule has 2 aromatic carbocycles. The van der Waals surface area contributed by atoms with Crippen molar-refractivity contribution < 1.29 is 18.3 Å². The number of hydrogen-bond donors (Lipinski definition) is 1. The summed E-state index contributed by atoms with van der Waals surface area (Å²) < 4.78 is 34.8. The maximum atomic E-state index is 14.0. The van der Waals surface area contributed by atoms with Crippen molar-refractivity contribution in [2.45, 2.75) is 12.1 Å². The third kappa shape index (κ3) is 5.43. The summed E-state index contributed by atoms with van der Waals surface area (Å²) in [5.74, 6) is -0.737. The van der Waals surface area contributed by atoms with Gasteiger partial charge in [0.15, 0.2) is 16.8 Å². The average Bonchev–Trinajstić information content (AvgIpc) is 3.45. The molecule has 0 atom stereocenters. The zero-order valence-electron chi connectivity index (χ0n) is 17.2. The fourth-order valence-corrected chi connectivity index (χ4v) is 4.94. The standard InChI is InChI=1S/C22H17BrF2N4O2S2/c1-2-31-15-7-5-14(6-8-15)29-21(18-4-3-9-32-18)27-28-22(29)33-12-19(30)26-20-16(23)10-13(24)11-17(20)25/h3-11H,2,12H2,1H3,(H,26,30). The molecule has 0 bridgehead atoms. The van der Waals surface area contributed by atoms with E-state index in [1.165, 1.54) is 11.3 Å². The summed E-state index contributed by atoms with van der Waals surface area (Å²) in [5, 5.41) is 13.5. The van der Waals surface area contributed by atoms with E-state index in [4.69, 9.17) is 4.74 Å². The van der Waals surface area contributed by atoms with Crippen molar-refractivity contribution in [2.24, 2.45) is 0 Å². The van der Waals surface area contributed by atoms with E-state index < -0.39 is 17.5 Å². The van der Waals surface area contributed by atoms with Crippen LogP contribution in [-0.2, 0) is 4.79 Å². The Bertz CT molecular complexity index is 1240. The van der Waals surface area contributed by atoms with E-state index in [0.29, 0.717) is 23.7 Å². The minimum absolute atomic E-state index is 0.0527. The number of nitrogens with zero attached hydrogens (tertiary/aromatic N) is 3. The molecule has 0 spiro atoms. The lowest BCUT2D eigenvalue weighted by Crippen LogP contribution is -2.16. The van der Waals surface area contributed by atoms with Crippen LogP contribution in [0.3, 0.4) is 0 Å². The van der Waals surface area contributed by atoms with Gasteiger partial charge >= 0.3 is 0 Å². The van der Waals surface area contributed by atoms with E-state index >= 15 is 0 Å². The maximum Gasteiger partial charge on any atom is 0.234 e. The second-order valence-corrected chi connectivity index (χ2v) is 9.37. The van der Waals surface area contributed by atoms with Gasteiger partial charge in [-0.2, -0.15) is 0 Å². The summed E-state index contributed by atoms with van der Waals surface area (Å²) in [7, 11) is 0. The van der Waals surface area contributed by atoms with Gasteiger partial charge in [0.25, 0.3) is 0 Å². The lowest BCUT2D eigenvalue weighted by atomic mass is 10.3. The monoisotopic (exact) mass is 550 g/mol. The molecule has 0 unspecified atom stereocenters. The van der Waals surface area contributed by atoms with Crippen LogP contribution in [0.4, 0.5) is 14.5 Å². The predicted molar refractivity (Wildman–Crippen MR) is 129 cm³/mol. The number of anilines is 1. The van der Waals surface area contributed by atoms with Gasteiger partial charge in [0.05, 0.1) is 28.6 Å². The molecule has 2 aromatic heterocycles. The molecule has 2 heterocycles. The molecule has 6 nitrogen and oxygen atoms in total. The number of aromatic nitrogens is 3. The van der Waals surface area contributed by atoms with E-state index in [2.05, 4.69) is 31.4 Å². The first kappa shape index (κ1) is 23.4. The number of carbonyl (C=O) groups excluding carboxylic acids is 1. The molecule has 0 radical (unpaired) electrons.